The lowest BCUT2D eigenvalue weighted by atomic mass is 9.99. The molecule has 0 saturated heterocycles. The summed E-state index contributed by atoms with van der Waals surface area (Å²) in [5.41, 5.74) is 0. The molecular formula is C55H106O6. The molecule has 0 radical (unpaired) electrons. The van der Waals surface area contributed by atoms with Crippen LogP contribution in [-0.4, -0.2) is 37.2 Å². The fourth-order valence-electron chi connectivity index (χ4n) is 8.28. The van der Waals surface area contributed by atoms with E-state index >= 15 is 0 Å². The quantitative estimate of drug-likeness (QED) is 0.0344. The van der Waals surface area contributed by atoms with E-state index in [0.29, 0.717) is 19.3 Å². The smallest absolute Gasteiger partial charge is 0.306 e. The number of carbonyl (C=O) groups excluding carboxylic acids is 3. The van der Waals surface area contributed by atoms with Crippen LogP contribution in [0.1, 0.15) is 304 Å². The summed E-state index contributed by atoms with van der Waals surface area (Å²) in [6, 6.07) is 0. The van der Waals surface area contributed by atoms with Gasteiger partial charge in [-0.3, -0.25) is 14.4 Å². The summed E-state index contributed by atoms with van der Waals surface area (Å²) in [5, 5.41) is 0. The molecule has 0 aliphatic heterocycles. The molecule has 362 valence electrons. The molecule has 0 N–H and O–H groups in total. The summed E-state index contributed by atoms with van der Waals surface area (Å²) < 4.78 is 16.8. The highest BCUT2D eigenvalue weighted by Crippen LogP contribution is 2.18. The van der Waals surface area contributed by atoms with Crippen LogP contribution in [0.2, 0.25) is 0 Å². The fourth-order valence-corrected chi connectivity index (χ4v) is 8.28. The number of unbranched alkanes of at least 4 members (excludes halogenated alkanes) is 32. The molecule has 0 heterocycles. The molecule has 61 heavy (non-hydrogen) atoms. The first-order valence-corrected chi connectivity index (χ1v) is 27.3. The van der Waals surface area contributed by atoms with Gasteiger partial charge in [-0.05, 0) is 31.1 Å². The zero-order valence-electron chi connectivity index (χ0n) is 41.8. The first-order valence-electron chi connectivity index (χ1n) is 27.3. The fraction of sp³-hybridized carbons (Fsp3) is 0.945. The van der Waals surface area contributed by atoms with Crippen molar-refractivity contribution >= 4 is 17.9 Å². The highest BCUT2D eigenvalue weighted by molar-refractivity contribution is 5.71. The number of hydrogen-bond acceptors (Lipinski definition) is 6. The molecule has 6 heteroatoms. The van der Waals surface area contributed by atoms with Crippen molar-refractivity contribution in [3.8, 4) is 0 Å². The lowest BCUT2D eigenvalue weighted by Crippen LogP contribution is -2.30. The van der Waals surface area contributed by atoms with E-state index in [-0.39, 0.29) is 31.1 Å². The Hall–Kier alpha value is -1.59. The second kappa shape index (κ2) is 47.9. The molecule has 0 fully saturated rings. The lowest BCUT2D eigenvalue weighted by molar-refractivity contribution is -0.167. The first-order chi connectivity index (χ1) is 29.8. The predicted octanol–water partition coefficient (Wildman–Crippen LogP) is 17.7. The third-order valence-electron chi connectivity index (χ3n) is 13.2. The summed E-state index contributed by atoms with van der Waals surface area (Å²) in [5.74, 6) is 0.835. The van der Waals surface area contributed by atoms with Gasteiger partial charge in [0.1, 0.15) is 13.2 Å². The lowest BCUT2D eigenvalue weighted by Gasteiger charge is -2.18. The number of rotatable bonds is 49. The molecule has 2 unspecified atom stereocenters. The number of hydrogen-bond donors (Lipinski definition) is 0. The summed E-state index contributed by atoms with van der Waals surface area (Å²) in [7, 11) is 0. The maximum absolute atomic E-state index is 12.8. The molecule has 0 bridgehead atoms. The van der Waals surface area contributed by atoms with Crippen LogP contribution in [0.3, 0.4) is 0 Å². The Bertz CT molecular complexity index is 935. The van der Waals surface area contributed by atoms with Gasteiger partial charge in [-0.25, -0.2) is 0 Å². The van der Waals surface area contributed by atoms with Crippen LogP contribution in [0.5, 0.6) is 0 Å². The van der Waals surface area contributed by atoms with Crippen molar-refractivity contribution in [2.24, 2.45) is 11.8 Å². The minimum atomic E-state index is -0.763. The van der Waals surface area contributed by atoms with E-state index in [1.807, 2.05) is 0 Å². The van der Waals surface area contributed by atoms with E-state index < -0.39 is 6.10 Å². The average molecular weight is 863 g/mol. The van der Waals surface area contributed by atoms with Gasteiger partial charge in [-0.1, -0.05) is 266 Å². The maximum Gasteiger partial charge on any atom is 0.306 e. The van der Waals surface area contributed by atoms with Crippen molar-refractivity contribution in [1.82, 2.24) is 0 Å². The third-order valence-corrected chi connectivity index (χ3v) is 13.2. The summed E-state index contributed by atoms with van der Waals surface area (Å²) in [4.78, 5) is 38.0. The van der Waals surface area contributed by atoms with Crippen molar-refractivity contribution in [3.05, 3.63) is 0 Å². The molecule has 0 aromatic carbocycles. The highest BCUT2D eigenvalue weighted by Gasteiger charge is 2.19. The van der Waals surface area contributed by atoms with E-state index in [9.17, 15) is 14.4 Å². The molecule has 0 saturated carbocycles. The van der Waals surface area contributed by atoms with Gasteiger partial charge in [0.05, 0.1) is 0 Å². The van der Waals surface area contributed by atoms with Crippen LogP contribution >= 0.6 is 0 Å². The van der Waals surface area contributed by atoms with Gasteiger partial charge in [0.15, 0.2) is 6.10 Å². The Morgan fingerprint density at radius 2 is 0.574 bits per heavy atom. The Balaban J connectivity index is 4.27. The second-order valence-electron chi connectivity index (χ2n) is 19.4. The standard InChI is InChI=1S/C55H106O6/c1-6-9-10-11-12-13-14-15-16-17-18-19-20-21-22-27-30-37-42-47-55(58)61-52(49-60-54(57)46-41-36-32-31-34-39-44-51(5)8-3)48-59-53(56)45-40-35-29-26-24-23-25-28-33-38-43-50(4)7-2/h50-52H,6-49H2,1-5H3/t50?,51?,52-/m0/s1. The van der Waals surface area contributed by atoms with Crippen LogP contribution < -0.4 is 0 Å². The molecule has 3 atom stereocenters. The van der Waals surface area contributed by atoms with Gasteiger partial charge in [0.2, 0.25) is 0 Å². The van der Waals surface area contributed by atoms with E-state index in [2.05, 4.69) is 34.6 Å². The van der Waals surface area contributed by atoms with Gasteiger partial charge in [-0.15, -0.1) is 0 Å². The summed E-state index contributed by atoms with van der Waals surface area (Å²) >= 11 is 0. The molecule has 0 aromatic rings. The van der Waals surface area contributed by atoms with Crippen molar-refractivity contribution in [3.63, 3.8) is 0 Å². The van der Waals surface area contributed by atoms with E-state index in [4.69, 9.17) is 14.2 Å². The molecule has 0 aliphatic rings. The summed E-state index contributed by atoms with van der Waals surface area (Å²) in [6.07, 6.45) is 49.5. The Kier molecular flexibility index (Phi) is 46.6. The zero-order chi connectivity index (χ0) is 44.7. The zero-order valence-corrected chi connectivity index (χ0v) is 41.8. The number of ether oxygens (including phenoxy) is 3. The first kappa shape index (κ1) is 59.4. The number of carbonyl (C=O) groups is 3. The molecule has 0 rings (SSSR count). The molecule has 6 nitrogen and oxygen atoms in total. The molecule has 0 spiro atoms. The van der Waals surface area contributed by atoms with Crippen LogP contribution in [-0.2, 0) is 28.6 Å². The van der Waals surface area contributed by atoms with Gasteiger partial charge >= 0.3 is 17.9 Å². The number of esters is 3. The second-order valence-corrected chi connectivity index (χ2v) is 19.4. The minimum absolute atomic E-state index is 0.0644. The van der Waals surface area contributed by atoms with Gasteiger partial charge in [-0.2, -0.15) is 0 Å². The molecular weight excluding hydrogens is 757 g/mol. The van der Waals surface area contributed by atoms with E-state index in [0.717, 1.165) is 69.6 Å². The van der Waals surface area contributed by atoms with Gasteiger partial charge in [0.25, 0.3) is 0 Å². The minimum Gasteiger partial charge on any atom is -0.462 e. The monoisotopic (exact) mass is 863 g/mol. The van der Waals surface area contributed by atoms with Crippen molar-refractivity contribution in [2.75, 3.05) is 13.2 Å². The molecule has 0 aromatic heterocycles. The van der Waals surface area contributed by atoms with Crippen LogP contribution in [0.4, 0.5) is 0 Å². The van der Waals surface area contributed by atoms with Crippen LogP contribution in [0.25, 0.3) is 0 Å². The van der Waals surface area contributed by atoms with Crippen LogP contribution in [0, 0.1) is 11.8 Å². The van der Waals surface area contributed by atoms with E-state index in [1.165, 1.54) is 193 Å². The topological polar surface area (TPSA) is 78.9 Å². The van der Waals surface area contributed by atoms with Crippen molar-refractivity contribution in [2.45, 2.75) is 310 Å². The average Bonchev–Trinajstić information content (AvgIpc) is 3.26. The van der Waals surface area contributed by atoms with Crippen molar-refractivity contribution in [1.29, 1.82) is 0 Å². The third kappa shape index (κ3) is 46.2. The molecule has 0 aliphatic carbocycles. The Labute approximate surface area is 380 Å². The normalized spacial score (nSPS) is 12.9. The van der Waals surface area contributed by atoms with Gasteiger partial charge < -0.3 is 14.2 Å². The Morgan fingerprint density at radius 3 is 0.852 bits per heavy atom. The predicted molar refractivity (Wildman–Crippen MR) is 261 cm³/mol. The maximum atomic E-state index is 12.8. The van der Waals surface area contributed by atoms with Gasteiger partial charge in [0, 0.05) is 19.3 Å². The van der Waals surface area contributed by atoms with E-state index in [1.54, 1.807) is 0 Å². The van der Waals surface area contributed by atoms with Crippen molar-refractivity contribution < 1.29 is 28.6 Å². The largest absolute Gasteiger partial charge is 0.462 e. The molecule has 0 amide bonds. The van der Waals surface area contributed by atoms with Crippen LogP contribution in [0.15, 0.2) is 0 Å². The highest BCUT2D eigenvalue weighted by atomic mass is 16.6. The SMILES string of the molecule is CCCCCCCCCCCCCCCCCCCCCC(=O)O[C@@H](COC(=O)CCCCCCCCCCCCC(C)CC)COC(=O)CCCCCCCCC(C)CC. The Morgan fingerprint density at radius 1 is 0.328 bits per heavy atom. The summed E-state index contributed by atoms with van der Waals surface area (Å²) in [6.45, 7) is 11.4.